The van der Waals surface area contributed by atoms with E-state index >= 15 is 0 Å². The van der Waals surface area contributed by atoms with Gasteiger partial charge in [-0.15, -0.1) is 0 Å². The monoisotopic (exact) mass is 212 g/mol. The second-order valence-electron chi connectivity index (χ2n) is 6.79. The van der Waals surface area contributed by atoms with Crippen LogP contribution in [0.4, 0.5) is 0 Å². The molecule has 1 rings (SSSR count). The van der Waals surface area contributed by atoms with Crippen LogP contribution in [0.15, 0.2) is 0 Å². The second kappa shape index (κ2) is 4.45. The third-order valence-electron chi connectivity index (χ3n) is 4.27. The molecular formula is C14H28O. The van der Waals surface area contributed by atoms with Gasteiger partial charge in [0.05, 0.1) is 6.10 Å². The van der Waals surface area contributed by atoms with E-state index in [0.717, 1.165) is 12.5 Å². The summed E-state index contributed by atoms with van der Waals surface area (Å²) in [7, 11) is 0. The van der Waals surface area contributed by atoms with Crippen LogP contribution in [0.2, 0.25) is 0 Å². The summed E-state index contributed by atoms with van der Waals surface area (Å²) >= 11 is 0. The van der Waals surface area contributed by atoms with Crippen molar-refractivity contribution in [2.75, 3.05) is 6.61 Å². The number of hydrogen-bond donors (Lipinski definition) is 0. The Morgan fingerprint density at radius 2 is 1.73 bits per heavy atom. The smallest absolute Gasteiger partial charge is 0.0626 e. The lowest BCUT2D eigenvalue weighted by Crippen LogP contribution is -2.40. The second-order valence-corrected chi connectivity index (χ2v) is 6.79. The Morgan fingerprint density at radius 1 is 1.13 bits per heavy atom. The van der Waals surface area contributed by atoms with Gasteiger partial charge in [0.2, 0.25) is 0 Å². The maximum atomic E-state index is 5.91. The van der Waals surface area contributed by atoms with Gasteiger partial charge < -0.3 is 4.74 Å². The maximum absolute atomic E-state index is 5.91. The van der Waals surface area contributed by atoms with Crippen LogP contribution in [-0.4, -0.2) is 12.7 Å². The standard InChI is InChI=1S/C14H28O/c1-7-14(5,6)11-8-9-15-12(10-11)13(2,3)4/h11-12H,7-10H2,1-6H3. The minimum Gasteiger partial charge on any atom is -0.378 e. The third kappa shape index (κ3) is 3.21. The zero-order valence-electron chi connectivity index (χ0n) is 11.4. The lowest BCUT2D eigenvalue weighted by atomic mass is 9.69. The molecule has 0 aromatic rings. The van der Waals surface area contributed by atoms with E-state index in [-0.39, 0.29) is 0 Å². The van der Waals surface area contributed by atoms with Gasteiger partial charge in [0, 0.05) is 6.61 Å². The van der Waals surface area contributed by atoms with Crippen molar-refractivity contribution in [2.45, 2.75) is 66.9 Å². The number of rotatable bonds is 2. The van der Waals surface area contributed by atoms with E-state index in [2.05, 4.69) is 41.5 Å². The summed E-state index contributed by atoms with van der Waals surface area (Å²) in [6, 6.07) is 0. The summed E-state index contributed by atoms with van der Waals surface area (Å²) in [6.45, 7) is 14.9. The summed E-state index contributed by atoms with van der Waals surface area (Å²) < 4.78 is 5.91. The van der Waals surface area contributed by atoms with Crippen LogP contribution >= 0.6 is 0 Å². The van der Waals surface area contributed by atoms with Crippen LogP contribution in [-0.2, 0) is 4.74 Å². The molecule has 1 heterocycles. The summed E-state index contributed by atoms with van der Waals surface area (Å²) in [5, 5.41) is 0. The van der Waals surface area contributed by atoms with Gasteiger partial charge in [0.25, 0.3) is 0 Å². The predicted octanol–water partition coefficient (Wildman–Crippen LogP) is 4.26. The topological polar surface area (TPSA) is 9.23 Å². The molecule has 2 unspecified atom stereocenters. The molecule has 1 heteroatoms. The Bertz CT molecular complexity index is 200. The minimum atomic E-state index is 0.294. The van der Waals surface area contributed by atoms with Gasteiger partial charge in [0.15, 0.2) is 0 Å². The van der Waals surface area contributed by atoms with Crippen LogP contribution in [0.5, 0.6) is 0 Å². The lowest BCUT2D eigenvalue weighted by Gasteiger charge is -2.43. The lowest BCUT2D eigenvalue weighted by molar-refractivity contribution is -0.0872. The summed E-state index contributed by atoms with van der Waals surface area (Å²) in [6.07, 6.45) is 4.20. The van der Waals surface area contributed by atoms with Crippen molar-refractivity contribution >= 4 is 0 Å². The van der Waals surface area contributed by atoms with Crippen molar-refractivity contribution < 1.29 is 4.74 Å². The highest BCUT2D eigenvalue weighted by Crippen LogP contribution is 2.42. The van der Waals surface area contributed by atoms with Gasteiger partial charge in [-0.25, -0.2) is 0 Å². The van der Waals surface area contributed by atoms with Gasteiger partial charge >= 0.3 is 0 Å². The Labute approximate surface area is 95.6 Å². The maximum Gasteiger partial charge on any atom is 0.0626 e. The van der Waals surface area contributed by atoms with Gasteiger partial charge in [0.1, 0.15) is 0 Å². The molecular weight excluding hydrogens is 184 g/mol. The van der Waals surface area contributed by atoms with Crippen LogP contribution in [0.1, 0.15) is 60.8 Å². The van der Waals surface area contributed by atoms with Gasteiger partial charge in [-0.2, -0.15) is 0 Å². The molecule has 0 saturated carbocycles. The van der Waals surface area contributed by atoms with Gasteiger partial charge in [-0.05, 0) is 29.6 Å². The first kappa shape index (κ1) is 13.0. The summed E-state index contributed by atoms with van der Waals surface area (Å²) in [5.41, 5.74) is 0.774. The van der Waals surface area contributed by atoms with Crippen LogP contribution in [0, 0.1) is 16.7 Å². The molecule has 1 aliphatic rings. The largest absolute Gasteiger partial charge is 0.378 e. The summed E-state index contributed by atoms with van der Waals surface area (Å²) in [4.78, 5) is 0. The predicted molar refractivity (Wildman–Crippen MR) is 66.0 cm³/mol. The zero-order valence-corrected chi connectivity index (χ0v) is 11.4. The Balaban J connectivity index is 2.64. The Kier molecular flexibility index (Phi) is 3.86. The first-order valence-electron chi connectivity index (χ1n) is 6.39. The zero-order chi connectivity index (χ0) is 11.7. The third-order valence-corrected chi connectivity index (χ3v) is 4.27. The van der Waals surface area contributed by atoms with E-state index in [1.165, 1.54) is 19.3 Å². The molecule has 1 aliphatic heterocycles. The normalized spacial score (nSPS) is 29.2. The molecule has 1 nitrogen and oxygen atoms in total. The minimum absolute atomic E-state index is 0.294. The number of hydrogen-bond acceptors (Lipinski definition) is 1. The molecule has 1 fully saturated rings. The fourth-order valence-electron chi connectivity index (χ4n) is 2.40. The molecule has 0 bridgehead atoms. The Hall–Kier alpha value is -0.0400. The first-order valence-corrected chi connectivity index (χ1v) is 6.39. The van der Waals surface area contributed by atoms with Gasteiger partial charge in [-0.1, -0.05) is 48.0 Å². The molecule has 0 aromatic heterocycles. The van der Waals surface area contributed by atoms with E-state index in [1.54, 1.807) is 0 Å². The molecule has 0 spiro atoms. The molecule has 0 N–H and O–H groups in total. The average molecular weight is 212 g/mol. The molecule has 0 amide bonds. The van der Waals surface area contributed by atoms with E-state index in [4.69, 9.17) is 4.74 Å². The molecule has 0 aliphatic carbocycles. The Morgan fingerprint density at radius 3 is 2.20 bits per heavy atom. The fourth-order valence-corrected chi connectivity index (χ4v) is 2.40. The molecule has 0 radical (unpaired) electrons. The van der Waals surface area contributed by atoms with Crippen molar-refractivity contribution in [2.24, 2.45) is 16.7 Å². The van der Waals surface area contributed by atoms with Crippen molar-refractivity contribution in [3.05, 3.63) is 0 Å². The van der Waals surface area contributed by atoms with Gasteiger partial charge in [-0.3, -0.25) is 0 Å². The van der Waals surface area contributed by atoms with Crippen LogP contribution in [0.25, 0.3) is 0 Å². The average Bonchev–Trinajstić information content (AvgIpc) is 2.17. The van der Waals surface area contributed by atoms with Crippen LogP contribution in [0.3, 0.4) is 0 Å². The van der Waals surface area contributed by atoms with E-state index in [0.29, 0.717) is 16.9 Å². The van der Waals surface area contributed by atoms with E-state index < -0.39 is 0 Å². The van der Waals surface area contributed by atoms with Crippen molar-refractivity contribution in [3.63, 3.8) is 0 Å². The molecule has 2 atom stereocenters. The summed E-state index contributed by atoms with van der Waals surface area (Å²) in [5.74, 6) is 0.834. The van der Waals surface area contributed by atoms with Crippen LogP contribution < -0.4 is 0 Å². The number of ether oxygens (including phenoxy) is 1. The molecule has 1 saturated heterocycles. The van der Waals surface area contributed by atoms with E-state index in [9.17, 15) is 0 Å². The SMILES string of the molecule is CCC(C)(C)C1CCOC(C(C)(C)C)C1. The van der Waals surface area contributed by atoms with Crippen molar-refractivity contribution in [1.82, 2.24) is 0 Å². The molecule has 90 valence electrons. The first-order chi connectivity index (χ1) is 6.77. The molecule has 0 aromatic carbocycles. The highest BCUT2D eigenvalue weighted by atomic mass is 16.5. The fraction of sp³-hybridized carbons (Fsp3) is 1.00. The highest BCUT2D eigenvalue weighted by molar-refractivity contribution is 4.86. The highest BCUT2D eigenvalue weighted by Gasteiger charge is 2.37. The molecule has 15 heavy (non-hydrogen) atoms. The quantitative estimate of drug-likeness (QED) is 0.664. The van der Waals surface area contributed by atoms with E-state index in [1.807, 2.05) is 0 Å². The van der Waals surface area contributed by atoms with Crippen molar-refractivity contribution in [1.29, 1.82) is 0 Å². The van der Waals surface area contributed by atoms with Crippen molar-refractivity contribution in [3.8, 4) is 0 Å².